The van der Waals surface area contributed by atoms with Crippen molar-refractivity contribution in [2.24, 2.45) is 17.8 Å². The van der Waals surface area contributed by atoms with Gasteiger partial charge >= 0.3 is 18.1 Å². The van der Waals surface area contributed by atoms with Crippen LogP contribution in [0, 0.1) is 17.8 Å². The topological polar surface area (TPSA) is 57.6 Å². The van der Waals surface area contributed by atoms with Gasteiger partial charge in [0, 0.05) is 13.1 Å². The zero-order valence-corrected chi connectivity index (χ0v) is 9.49. The van der Waals surface area contributed by atoms with Crippen LogP contribution in [-0.4, -0.2) is 41.1 Å². The van der Waals surface area contributed by atoms with E-state index >= 15 is 0 Å². The van der Waals surface area contributed by atoms with Crippen LogP contribution in [0.5, 0.6) is 0 Å². The molecule has 7 heteroatoms. The van der Waals surface area contributed by atoms with Crippen molar-refractivity contribution < 1.29 is 27.9 Å². The molecule has 4 nitrogen and oxygen atoms in total. The molecule has 2 atom stereocenters. The Balaban J connectivity index is 2.79. The number of carboxylic acid groups (broad SMARTS) is 1. The standard InChI is InChI=1S/C10H14F3NO3/c1-5-3-14(9(17)10(11,12)13)4-6(2)7(5)8(15)16/h5-7H,3-4H2,1-2H3,(H,15,16). The third-order valence-electron chi connectivity index (χ3n) is 3.06. The lowest BCUT2D eigenvalue weighted by Crippen LogP contribution is -2.52. The highest BCUT2D eigenvalue weighted by Crippen LogP contribution is 2.31. The fraction of sp³-hybridized carbons (Fsp3) is 0.800. The van der Waals surface area contributed by atoms with Gasteiger partial charge < -0.3 is 10.0 Å². The quantitative estimate of drug-likeness (QED) is 0.767. The SMILES string of the molecule is CC1CN(C(=O)C(F)(F)F)CC(C)C1C(=O)O. The Morgan fingerprint density at radius 3 is 1.88 bits per heavy atom. The molecule has 1 amide bonds. The average molecular weight is 253 g/mol. The molecule has 98 valence electrons. The summed E-state index contributed by atoms with van der Waals surface area (Å²) in [5.41, 5.74) is 0. The number of rotatable bonds is 1. The number of amides is 1. The normalized spacial score (nSPS) is 30.2. The number of piperidine rings is 1. The molecule has 0 aromatic rings. The third-order valence-corrected chi connectivity index (χ3v) is 3.06. The van der Waals surface area contributed by atoms with E-state index in [1.54, 1.807) is 13.8 Å². The van der Waals surface area contributed by atoms with E-state index in [1.807, 2.05) is 0 Å². The minimum absolute atomic E-state index is 0.167. The highest BCUT2D eigenvalue weighted by molar-refractivity contribution is 5.82. The van der Waals surface area contributed by atoms with Gasteiger partial charge in [-0.15, -0.1) is 0 Å². The van der Waals surface area contributed by atoms with E-state index < -0.39 is 35.8 Å². The summed E-state index contributed by atoms with van der Waals surface area (Å²) in [4.78, 5) is 22.7. The Bertz CT molecular complexity index is 317. The maximum atomic E-state index is 12.2. The predicted octanol–water partition coefficient (Wildman–Crippen LogP) is 1.36. The second-order valence-corrected chi connectivity index (χ2v) is 4.53. The van der Waals surface area contributed by atoms with E-state index in [0.29, 0.717) is 4.90 Å². The first kappa shape index (κ1) is 13.8. The molecule has 1 aliphatic rings. The van der Waals surface area contributed by atoms with Gasteiger partial charge in [0.1, 0.15) is 0 Å². The first-order valence-corrected chi connectivity index (χ1v) is 5.23. The van der Waals surface area contributed by atoms with Gasteiger partial charge in [-0.05, 0) is 11.8 Å². The number of hydrogen-bond acceptors (Lipinski definition) is 2. The van der Waals surface area contributed by atoms with Crippen LogP contribution in [0.3, 0.4) is 0 Å². The summed E-state index contributed by atoms with van der Waals surface area (Å²) in [6.07, 6.45) is -4.89. The number of aliphatic carboxylic acids is 1. The second-order valence-electron chi connectivity index (χ2n) is 4.53. The summed E-state index contributed by atoms with van der Waals surface area (Å²) in [7, 11) is 0. The van der Waals surface area contributed by atoms with Gasteiger partial charge in [-0.2, -0.15) is 13.2 Å². The number of nitrogens with zero attached hydrogens (tertiary/aromatic N) is 1. The number of alkyl halides is 3. The summed E-state index contributed by atoms with van der Waals surface area (Å²) < 4.78 is 36.7. The van der Waals surface area contributed by atoms with Crippen molar-refractivity contribution in [3.05, 3.63) is 0 Å². The van der Waals surface area contributed by atoms with Crippen LogP contribution in [-0.2, 0) is 9.59 Å². The van der Waals surface area contributed by atoms with E-state index in [1.165, 1.54) is 0 Å². The number of hydrogen-bond donors (Lipinski definition) is 1. The molecule has 1 N–H and O–H groups in total. The van der Waals surface area contributed by atoms with Crippen molar-refractivity contribution in [1.29, 1.82) is 0 Å². The van der Waals surface area contributed by atoms with Crippen molar-refractivity contribution >= 4 is 11.9 Å². The molecule has 0 aromatic carbocycles. The number of carbonyl (C=O) groups excluding carboxylic acids is 1. The predicted molar refractivity (Wildman–Crippen MR) is 52.1 cm³/mol. The Labute approximate surface area is 96.4 Å². The molecule has 0 aliphatic carbocycles. The summed E-state index contributed by atoms with van der Waals surface area (Å²) in [6, 6.07) is 0. The molecule has 0 radical (unpaired) electrons. The highest BCUT2D eigenvalue weighted by Gasteiger charge is 2.47. The smallest absolute Gasteiger partial charge is 0.471 e. The molecule has 0 spiro atoms. The van der Waals surface area contributed by atoms with Crippen LogP contribution in [0.15, 0.2) is 0 Å². The number of halogens is 3. The van der Waals surface area contributed by atoms with Gasteiger partial charge in [-0.1, -0.05) is 13.8 Å². The Hall–Kier alpha value is -1.27. The lowest BCUT2D eigenvalue weighted by molar-refractivity contribution is -0.189. The van der Waals surface area contributed by atoms with Gasteiger partial charge in [0.25, 0.3) is 0 Å². The second kappa shape index (κ2) is 4.54. The molecule has 2 unspecified atom stereocenters. The van der Waals surface area contributed by atoms with E-state index in [2.05, 4.69) is 0 Å². The number of carboxylic acids is 1. The first-order chi connectivity index (χ1) is 7.64. The van der Waals surface area contributed by atoms with Crippen molar-refractivity contribution in [3.8, 4) is 0 Å². The molecule has 0 aromatic heterocycles. The van der Waals surface area contributed by atoms with Crippen molar-refractivity contribution in [3.63, 3.8) is 0 Å². The van der Waals surface area contributed by atoms with E-state index in [9.17, 15) is 22.8 Å². The molecule has 0 saturated carbocycles. The van der Waals surface area contributed by atoms with E-state index in [-0.39, 0.29) is 13.1 Å². The molecule has 1 rings (SSSR count). The van der Waals surface area contributed by atoms with Crippen LogP contribution < -0.4 is 0 Å². The average Bonchev–Trinajstić information content (AvgIpc) is 2.13. The van der Waals surface area contributed by atoms with Crippen molar-refractivity contribution in [2.75, 3.05) is 13.1 Å². The fourth-order valence-corrected chi connectivity index (χ4v) is 2.39. The van der Waals surface area contributed by atoms with Crippen molar-refractivity contribution in [1.82, 2.24) is 4.90 Å². The van der Waals surface area contributed by atoms with E-state index in [0.717, 1.165) is 0 Å². The maximum Gasteiger partial charge on any atom is 0.471 e. The molecule has 0 bridgehead atoms. The lowest BCUT2D eigenvalue weighted by Gasteiger charge is -2.39. The molecular weight excluding hydrogens is 239 g/mol. The van der Waals surface area contributed by atoms with Gasteiger partial charge in [0.2, 0.25) is 0 Å². The summed E-state index contributed by atoms with van der Waals surface area (Å²) >= 11 is 0. The molecular formula is C10H14F3NO3. The Morgan fingerprint density at radius 2 is 1.59 bits per heavy atom. The van der Waals surface area contributed by atoms with Crippen LogP contribution in [0.1, 0.15) is 13.8 Å². The maximum absolute atomic E-state index is 12.2. The largest absolute Gasteiger partial charge is 0.481 e. The van der Waals surface area contributed by atoms with Gasteiger partial charge in [0.05, 0.1) is 5.92 Å². The minimum atomic E-state index is -4.89. The molecule has 17 heavy (non-hydrogen) atoms. The van der Waals surface area contributed by atoms with Gasteiger partial charge in [-0.3, -0.25) is 9.59 Å². The summed E-state index contributed by atoms with van der Waals surface area (Å²) in [5.74, 6) is -4.58. The Kier molecular flexibility index (Phi) is 3.68. The number of likely N-dealkylation sites (tertiary alicyclic amines) is 1. The highest BCUT2D eigenvalue weighted by atomic mass is 19.4. The molecule has 1 saturated heterocycles. The van der Waals surface area contributed by atoms with E-state index in [4.69, 9.17) is 5.11 Å². The van der Waals surface area contributed by atoms with Crippen LogP contribution in [0.25, 0.3) is 0 Å². The monoisotopic (exact) mass is 253 g/mol. The lowest BCUT2D eigenvalue weighted by atomic mass is 9.79. The zero-order valence-electron chi connectivity index (χ0n) is 9.49. The first-order valence-electron chi connectivity index (χ1n) is 5.23. The molecule has 1 aliphatic heterocycles. The molecule has 1 fully saturated rings. The zero-order chi connectivity index (χ0) is 13.4. The Morgan fingerprint density at radius 1 is 1.18 bits per heavy atom. The summed E-state index contributed by atoms with van der Waals surface area (Å²) in [6.45, 7) is 2.76. The third kappa shape index (κ3) is 2.89. The minimum Gasteiger partial charge on any atom is -0.481 e. The van der Waals surface area contributed by atoms with Gasteiger partial charge in [0.15, 0.2) is 0 Å². The van der Waals surface area contributed by atoms with Gasteiger partial charge in [-0.25, -0.2) is 0 Å². The van der Waals surface area contributed by atoms with Crippen LogP contribution >= 0.6 is 0 Å². The molecule has 1 heterocycles. The van der Waals surface area contributed by atoms with Crippen LogP contribution in [0.2, 0.25) is 0 Å². The van der Waals surface area contributed by atoms with Crippen LogP contribution in [0.4, 0.5) is 13.2 Å². The fourth-order valence-electron chi connectivity index (χ4n) is 2.39. The van der Waals surface area contributed by atoms with Crippen molar-refractivity contribution in [2.45, 2.75) is 20.0 Å². The number of carbonyl (C=O) groups is 2. The summed E-state index contributed by atoms with van der Waals surface area (Å²) in [5, 5.41) is 8.94.